The zero-order chi connectivity index (χ0) is 33.5. The molecule has 0 bridgehead atoms. The Labute approximate surface area is 286 Å². The molecule has 3 aromatic carbocycles. The van der Waals surface area contributed by atoms with E-state index in [1.165, 1.54) is 30.2 Å². The highest BCUT2D eigenvalue weighted by Crippen LogP contribution is 2.40. The fraction of sp³-hybridized carbons (Fsp3) is 0.222. The normalized spacial score (nSPS) is 14.8. The van der Waals surface area contributed by atoms with Gasteiger partial charge in [0.25, 0.3) is 11.8 Å². The lowest BCUT2D eigenvalue weighted by molar-refractivity contribution is -0.115. The van der Waals surface area contributed by atoms with Gasteiger partial charge in [-0.15, -0.1) is 23.1 Å². The van der Waals surface area contributed by atoms with Crippen LogP contribution in [0.1, 0.15) is 57.0 Å². The zero-order valence-electron chi connectivity index (χ0n) is 26.1. The van der Waals surface area contributed by atoms with E-state index in [2.05, 4.69) is 22.9 Å². The molecule has 8 nitrogen and oxygen atoms in total. The van der Waals surface area contributed by atoms with Crippen LogP contribution in [0.3, 0.4) is 0 Å². The first-order valence-electron chi connectivity index (χ1n) is 15.1. The Morgan fingerprint density at radius 1 is 1.00 bits per heavy atom. The predicted octanol–water partition coefficient (Wildman–Crippen LogP) is 7.84. The van der Waals surface area contributed by atoms with E-state index in [0.29, 0.717) is 38.3 Å². The van der Waals surface area contributed by atoms with Crippen molar-refractivity contribution in [2.24, 2.45) is 5.92 Å². The molecule has 1 aromatic heterocycles. The Bertz CT molecular complexity index is 1820. The summed E-state index contributed by atoms with van der Waals surface area (Å²) in [4.78, 5) is 54.3. The Kier molecular flexibility index (Phi) is 11.2. The van der Waals surface area contributed by atoms with Gasteiger partial charge in [0.2, 0.25) is 5.91 Å². The number of thioether (sulfide) groups is 1. The largest absolute Gasteiger partial charge is 0.465 e. The standard InChI is InChI=1S/C36H34ClN3O5S2/c1-21-12-17-28-30(18-21)47-35(31(28)36(44)45-3)40-32(41)22(2)46-27-11-7-10-26(20-27)38-34(43)29(19-23-13-15-25(37)16-14-23)39-33(42)24-8-5-4-6-9-24/h4-11,13-16,19-22H,12,17-18H2,1-3H3,(H,38,43)(H,39,42)(H,40,41)/b29-19+. The molecular formula is C36H34ClN3O5S2. The van der Waals surface area contributed by atoms with Crippen molar-refractivity contribution in [1.29, 1.82) is 0 Å². The maximum atomic E-state index is 13.5. The van der Waals surface area contributed by atoms with Crippen LogP contribution in [0.2, 0.25) is 5.02 Å². The van der Waals surface area contributed by atoms with E-state index in [0.717, 1.165) is 34.6 Å². The Balaban J connectivity index is 1.29. The number of thiophene rings is 1. The molecule has 1 aliphatic carbocycles. The van der Waals surface area contributed by atoms with Crippen LogP contribution in [-0.4, -0.2) is 36.1 Å². The number of carbonyl (C=O) groups is 4. The summed E-state index contributed by atoms with van der Waals surface area (Å²) in [6.45, 7) is 3.97. The maximum Gasteiger partial charge on any atom is 0.341 e. The van der Waals surface area contributed by atoms with Crippen molar-refractivity contribution in [2.45, 2.75) is 43.3 Å². The second-order valence-corrected chi connectivity index (χ2v) is 14.2. The summed E-state index contributed by atoms with van der Waals surface area (Å²) < 4.78 is 5.05. The minimum Gasteiger partial charge on any atom is -0.465 e. The predicted molar refractivity (Wildman–Crippen MR) is 189 cm³/mol. The van der Waals surface area contributed by atoms with Gasteiger partial charge in [-0.1, -0.05) is 54.9 Å². The van der Waals surface area contributed by atoms with Crippen LogP contribution in [0.15, 0.2) is 89.5 Å². The summed E-state index contributed by atoms with van der Waals surface area (Å²) in [6, 6.07) is 22.6. The quantitative estimate of drug-likeness (QED) is 0.0890. The van der Waals surface area contributed by atoms with Gasteiger partial charge in [-0.3, -0.25) is 14.4 Å². The highest BCUT2D eigenvalue weighted by molar-refractivity contribution is 8.00. The molecule has 1 heterocycles. The monoisotopic (exact) mass is 687 g/mol. The molecule has 242 valence electrons. The van der Waals surface area contributed by atoms with Crippen LogP contribution in [0.25, 0.3) is 6.08 Å². The number of hydrogen-bond acceptors (Lipinski definition) is 7. The fourth-order valence-corrected chi connectivity index (χ4v) is 7.60. The van der Waals surface area contributed by atoms with E-state index in [-0.39, 0.29) is 11.6 Å². The van der Waals surface area contributed by atoms with E-state index in [4.69, 9.17) is 16.3 Å². The molecule has 3 amide bonds. The van der Waals surface area contributed by atoms with Crippen molar-refractivity contribution in [1.82, 2.24) is 5.32 Å². The molecule has 11 heteroatoms. The van der Waals surface area contributed by atoms with Gasteiger partial charge in [0.15, 0.2) is 0 Å². The molecule has 4 aromatic rings. The van der Waals surface area contributed by atoms with Crippen molar-refractivity contribution in [3.05, 3.63) is 117 Å². The van der Waals surface area contributed by atoms with Crippen LogP contribution >= 0.6 is 34.7 Å². The molecule has 1 aliphatic rings. The number of nitrogens with one attached hydrogen (secondary N) is 3. The van der Waals surface area contributed by atoms with Crippen molar-refractivity contribution < 1.29 is 23.9 Å². The lowest BCUT2D eigenvalue weighted by atomic mass is 9.88. The number of anilines is 2. The van der Waals surface area contributed by atoms with E-state index < -0.39 is 23.0 Å². The topological polar surface area (TPSA) is 114 Å². The first kappa shape index (κ1) is 34.0. The molecule has 0 saturated heterocycles. The summed E-state index contributed by atoms with van der Waals surface area (Å²) in [5.74, 6) is -1.13. The third-order valence-electron chi connectivity index (χ3n) is 7.62. The lowest BCUT2D eigenvalue weighted by Gasteiger charge is -2.18. The van der Waals surface area contributed by atoms with E-state index in [9.17, 15) is 19.2 Å². The number of carbonyl (C=O) groups excluding carboxylic acids is 4. The summed E-state index contributed by atoms with van der Waals surface area (Å²) in [5, 5.41) is 9.10. The van der Waals surface area contributed by atoms with Crippen molar-refractivity contribution in [3.8, 4) is 0 Å². The summed E-state index contributed by atoms with van der Waals surface area (Å²) in [6.07, 6.45) is 4.21. The number of hydrogen-bond donors (Lipinski definition) is 3. The fourth-order valence-electron chi connectivity index (χ4n) is 5.14. The smallest absolute Gasteiger partial charge is 0.341 e. The van der Waals surface area contributed by atoms with Crippen LogP contribution < -0.4 is 16.0 Å². The third kappa shape index (κ3) is 8.71. The number of esters is 1. The first-order chi connectivity index (χ1) is 22.6. The number of fused-ring (bicyclic) bond motifs is 1. The van der Waals surface area contributed by atoms with E-state index in [1.54, 1.807) is 85.8 Å². The molecule has 0 radical (unpaired) electrons. The van der Waals surface area contributed by atoms with Gasteiger partial charge in [0.05, 0.1) is 17.9 Å². The van der Waals surface area contributed by atoms with Crippen LogP contribution in [0, 0.1) is 5.92 Å². The first-order valence-corrected chi connectivity index (χ1v) is 17.1. The number of benzene rings is 3. The third-order valence-corrected chi connectivity index (χ3v) is 10.1. The number of halogens is 1. The van der Waals surface area contributed by atoms with Crippen molar-refractivity contribution in [3.63, 3.8) is 0 Å². The van der Waals surface area contributed by atoms with Gasteiger partial charge in [0, 0.05) is 26.0 Å². The molecule has 0 saturated carbocycles. The molecule has 3 N–H and O–H groups in total. The molecule has 2 atom stereocenters. The Morgan fingerprint density at radius 2 is 1.74 bits per heavy atom. The molecule has 2 unspecified atom stereocenters. The number of methoxy groups -OCH3 is 1. The maximum absolute atomic E-state index is 13.5. The van der Waals surface area contributed by atoms with Gasteiger partial charge in [-0.2, -0.15) is 0 Å². The van der Waals surface area contributed by atoms with Gasteiger partial charge < -0.3 is 20.7 Å². The van der Waals surface area contributed by atoms with Gasteiger partial charge in [0.1, 0.15) is 10.7 Å². The second kappa shape index (κ2) is 15.5. The summed E-state index contributed by atoms with van der Waals surface area (Å²) in [7, 11) is 1.35. The lowest BCUT2D eigenvalue weighted by Crippen LogP contribution is -2.30. The molecule has 0 spiro atoms. The molecule has 47 heavy (non-hydrogen) atoms. The number of amides is 3. The number of rotatable bonds is 10. The summed E-state index contributed by atoms with van der Waals surface area (Å²) >= 11 is 8.79. The van der Waals surface area contributed by atoms with Crippen LogP contribution in [0.5, 0.6) is 0 Å². The van der Waals surface area contributed by atoms with Crippen molar-refractivity contribution in [2.75, 3.05) is 17.7 Å². The van der Waals surface area contributed by atoms with Gasteiger partial charge in [-0.25, -0.2) is 4.79 Å². The van der Waals surface area contributed by atoms with Gasteiger partial charge >= 0.3 is 5.97 Å². The highest BCUT2D eigenvalue weighted by Gasteiger charge is 2.29. The van der Waals surface area contributed by atoms with Crippen LogP contribution in [0.4, 0.5) is 10.7 Å². The van der Waals surface area contributed by atoms with Gasteiger partial charge in [-0.05, 0) is 91.8 Å². The number of ether oxygens (including phenoxy) is 1. The molecular weight excluding hydrogens is 654 g/mol. The van der Waals surface area contributed by atoms with Crippen LogP contribution in [-0.2, 0) is 27.2 Å². The molecule has 5 rings (SSSR count). The zero-order valence-corrected chi connectivity index (χ0v) is 28.5. The van der Waals surface area contributed by atoms with Crippen molar-refractivity contribution >= 4 is 75.2 Å². The minimum atomic E-state index is -0.525. The average Bonchev–Trinajstić information content (AvgIpc) is 3.42. The molecule has 0 fully saturated rings. The molecule has 0 aliphatic heterocycles. The summed E-state index contributed by atoms with van der Waals surface area (Å²) in [5.41, 5.74) is 3.04. The Hall–Kier alpha value is -4.38. The van der Waals surface area contributed by atoms with E-state index >= 15 is 0 Å². The van der Waals surface area contributed by atoms with E-state index in [1.807, 2.05) is 6.07 Å². The SMILES string of the molecule is COC(=O)c1c(NC(=O)C(C)Sc2cccc(NC(=O)/C(=C\c3ccc(Cl)cc3)NC(=O)c3ccccc3)c2)sc2c1CCC(C)C2. The minimum absolute atomic E-state index is 0.0430. The second-order valence-electron chi connectivity index (χ2n) is 11.2. The highest BCUT2D eigenvalue weighted by atomic mass is 35.5. The Morgan fingerprint density at radius 3 is 2.47 bits per heavy atom. The average molecular weight is 688 g/mol.